The molecule has 4 atom stereocenters. The first-order valence-electron chi connectivity index (χ1n) is 13.0. The summed E-state index contributed by atoms with van der Waals surface area (Å²) in [6.07, 6.45) is -3.93. The molecule has 3 aromatic rings. The molecule has 2 N–H and O–H groups in total. The van der Waals surface area contributed by atoms with Gasteiger partial charge < -0.3 is 24.2 Å². The first kappa shape index (κ1) is 26.9. The van der Waals surface area contributed by atoms with E-state index in [4.69, 9.17) is 9.47 Å². The highest BCUT2D eigenvalue weighted by atomic mass is 32.2. The summed E-state index contributed by atoms with van der Waals surface area (Å²) in [4.78, 5) is 2.16. The molecule has 1 saturated heterocycles. The van der Waals surface area contributed by atoms with Crippen molar-refractivity contribution in [3.8, 4) is 17.2 Å². The number of nitrogens with one attached hydrogen (secondary N) is 1. The van der Waals surface area contributed by atoms with Crippen LogP contribution in [0.5, 0.6) is 17.2 Å². The molecule has 1 aliphatic carbocycles. The van der Waals surface area contributed by atoms with Crippen LogP contribution in [0.3, 0.4) is 0 Å². The van der Waals surface area contributed by atoms with Gasteiger partial charge in [0.2, 0.25) is 0 Å². The molecular weight excluding hydrogens is 547 g/mol. The zero-order valence-electron chi connectivity index (χ0n) is 21.3. The SMILES string of the molecule is O=S(=NCC1CC1)(N[C@@H]1COC[C@@H](N2c3ccccc3Oc3ccccc32)[C@H]1O)c1ccc(OC(F)(F)F)cc1. The maximum atomic E-state index is 14.3. The molecule has 0 radical (unpaired) electrons. The molecule has 3 aliphatic rings. The molecule has 40 heavy (non-hydrogen) atoms. The standard InChI is InChI=1S/C28H28F3N3O5S/c29-28(30,31)39-19-11-13-20(14-12-19)40(36,32-15-18-9-10-18)33-21-16-37-17-24(27(21)35)34-22-5-1-3-7-25(22)38-26-8-4-2-6-23(26)34/h1-8,11-14,18,21,24,27,35H,9-10,15-17H2,(H,32,33,36)/t21-,24-,27+,40?/m1/s1. The van der Waals surface area contributed by atoms with Crippen molar-refractivity contribution in [3.05, 3.63) is 72.8 Å². The molecule has 1 saturated carbocycles. The molecule has 2 heterocycles. The van der Waals surface area contributed by atoms with Crippen molar-refractivity contribution in [3.63, 3.8) is 0 Å². The second kappa shape index (κ2) is 10.6. The normalized spacial score (nSPS) is 23.8. The Kier molecular flexibility index (Phi) is 7.11. The minimum atomic E-state index is -4.84. The fourth-order valence-electron chi connectivity index (χ4n) is 4.92. The second-order valence-electron chi connectivity index (χ2n) is 10.0. The molecule has 212 valence electrons. The molecule has 0 aromatic heterocycles. The number of alkyl halides is 3. The van der Waals surface area contributed by atoms with Crippen molar-refractivity contribution in [1.82, 2.24) is 4.72 Å². The molecular formula is C28H28F3N3O5S. The zero-order valence-corrected chi connectivity index (χ0v) is 22.1. The Hall–Kier alpha value is -3.32. The van der Waals surface area contributed by atoms with E-state index in [2.05, 4.69) is 13.8 Å². The molecule has 0 spiro atoms. The van der Waals surface area contributed by atoms with Crippen LogP contribution in [-0.4, -0.2) is 53.6 Å². The number of para-hydroxylation sites is 4. The van der Waals surface area contributed by atoms with E-state index < -0.39 is 40.2 Å². The lowest BCUT2D eigenvalue weighted by Gasteiger charge is -2.44. The summed E-state index contributed by atoms with van der Waals surface area (Å²) < 4.78 is 75.7. The lowest BCUT2D eigenvalue weighted by Crippen LogP contribution is -2.60. The van der Waals surface area contributed by atoms with Gasteiger partial charge in [0.1, 0.15) is 15.7 Å². The Morgan fingerprint density at radius 1 is 0.975 bits per heavy atom. The van der Waals surface area contributed by atoms with E-state index in [9.17, 15) is 22.5 Å². The molecule has 1 unspecified atom stereocenters. The van der Waals surface area contributed by atoms with E-state index in [1.807, 2.05) is 53.4 Å². The summed E-state index contributed by atoms with van der Waals surface area (Å²) >= 11 is 0. The average Bonchev–Trinajstić information content (AvgIpc) is 3.76. The predicted octanol–water partition coefficient (Wildman–Crippen LogP) is 5.40. The van der Waals surface area contributed by atoms with Crippen LogP contribution in [-0.2, 0) is 14.7 Å². The van der Waals surface area contributed by atoms with Crippen LogP contribution in [0.4, 0.5) is 24.5 Å². The first-order chi connectivity index (χ1) is 19.2. The van der Waals surface area contributed by atoms with Crippen molar-refractivity contribution in [2.75, 3.05) is 24.7 Å². The summed E-state index contributed by atoms with van der Waals surface area (Å²) in [6, 6.07) is 18.4. The molecule has 0 bridgehead atoms. The molecule has 8 nitrogen and oxygen atoms in total. The van der Waals surface area contributed by atoms with Crippen LogP contribution in [0.15, 0.2) is 82.1 Å². The molecule has 2 fully saturated rings. The zero-order chi connectivity index (χ0) is 27.9. The number of benzene rings is 3. The average molecular weight is 576 g/mol. The highest BCUT2D eigenvalue weighted by molar-refractivity contribution is 7.91. The van der Waals surface area contributed by atoms with E-state index in [1.54, 1.807) is 0 Å². The largest absolute Gasteiger partial charge is 0.573 e. The number of aliphatic hydroxyl groups excluding tert-OH is 1. The van der Waals surface area contributed by atoms with Gasteiger partial charge in [0.05, 0.1) is 54.2 Å². The van der Waals surface area contributed by atoms with Gasteiger partial charge in [0.15, 0.2) is 11.5 Å². The van der Waals surface area contributed by atoms with Crippen molar-refractivity contribution in [1.29, 1.82) is 0 Å². The summed E-state index contributed by atoms with van der Waals surface area (Å²) in [7, 11) is -3.34. The molecule has 12 heteroatoms. The lowest BCUT2D eigenvalue weighted by atomic mass is 9.98. The summed E-state index contributed by atoms with van der Waals surface area (Å²) in [5, 5.41) is 11.7. The van der Waals surface area contributed by atoms with Gasteiger partial charge >= 0.3 is 6.36 Å². The molecule has 3 aromatic carbocycles. The van der Waals surface area contributed by atoms with Gasteiger partial charge in [-0.1, -0.05) is 24.3 Å². The molecule has 6 rings (SSSR count). The predicted molar refractivity (Wildman–Crippen MR) is 142 cm³/mol. The Morgan fingerprint density at radius 3 is 2.20 bits per heavy atom. The molecule has 2 aliphatic heterocycles. The smallest absolute Gasteiger partial charge is 0.453 e. The Bertz CT molecular complexity index is 1440. The third kappa shape index (κ3) is 5.62. The fourth-order valence-corrected chi connectivity index (χ4v) is 6.83. The van der Waals surface area contributed by atoms with Crippen molar-refractivity contribution in [2.24, 2.45) is 10.3 Å². The van der Waals surface area contributed by atoms with E-state index in [1.165, 1.54) is 12.1 Å². The van der Waals surface area contributed by atoms with E-state index in [0.717, 1.165) is 36.3 Å². The summed E-state index contributed by atoms with van der Waals surface area (Å²) in [6.45, 7) is 0.604. The number of hydrogen-bond donors (Lipinski definition) is 2. The van der Waals surface area contributed by atoms with Gasteiger partial charge in [0.25, 0.3) is 0 Å². The Labute approximate surface area is 230 Å². The molecule has 0 amide bonds. The number of anilines is 2. The highest BCUT2D eigenvalue weighted by Gasteiger charge is 2.42. The van der Waals surface area contributed by atoms with E-state index >= 15 is 0 Å². The van der Waals surface area contributed by atoms with Crippen molar-refractivity contribution >= 4 is 21.3 Å². The quantitative estimate of drug-likeness (QED) is 0.392. The van der Waals surface area contributed by atoms with Gasteiger partial charge in [-0.2, -0.15) is 0 Å². The highest BCUT2D eigenvalue weighted by Crippen LogP contribution is 2.48. The van der Waals surface area contributed by atoms with Gasteiger partial charge in [-0.05, 0) is 67.3 Å². The van der Waals surface area contributed by atoms with Gasteiger partial charge in [-0.15, -0.1) is 13.2 Å². The van der Waals surface area contributed by atoms with E-state index in [0.29, 0.717) is 24.0 Å². The maximum absolute atomic E-state index is 14.3. The number of halogens is 3. The van der Waals surface area contributed by atoms with Gasteiger partial charge in [-0.3, -0.25) is 0 Å². The number of aliphatic hydroxyl groups is 1. The number of rotatable bonds is 7. The minimum absolute atomic E-state index is 0.0660. The van der Waals surface area contributed by atoms with Gasteiger partial charge in [0, 0.05) is 0 Å². The van der Waals surface area contributed by atoms with Crippen molar-refractivity contribution < 1.29 is 36.7 Å². The fraction of sp³-hybridized carbons (Fsp3) is 0.357. The summed E-state index contributed by atoms with van der Waals surface area (Å²) in [5.74, 6) is 1.16. The van der Waals surface area contributed by atoms with Gasteiger partial charge in [-0.25, -0.2) is 13.3 Å². The summed E-state index contributed by atoms with van der Waals surface area (Å²) in [5.41, 5.74) is 1.52. The number of nitrogens with zero attached hydrogens (tertiary/aromatic N) is 2. The lowest BCUT2D eigenvalue weighted by molar-refractivity contribution is -0.274. The third-order valence-corrected chi connectivity index (χ3v) is 9.14. The first-order valence-corrected chi connectivity index (χ1v) is 14.5. The van der Waals surface area contributed by atoms with Crippen LogP contribution in [0.1, 0.15) is 12.8 Å². The number of ether oxygens (including phenoxy) is 3. The Balaban J connectivity index is 1.30. The van der Waals surface area contributed by atoms with Crippen LogP contribution in [0.25, 0.3) is 0 Å². The number of fused-ring (bicyclic) bond motifs is 2. The van der Waals surface area contributed by atoms with Crippen LogP contribution < -0.4 is 19.1 Å². The third-order valence-electron chi connectivity index (χ3n) is 7.09. The number of hydrogen-bond acceptors (Lipinski definition) is 7. The van der Waals surface area contributed by atoms with Crippen molar-refractivity contribution in [2.45, 2.75) is 42.3 Å². The van der Waals surface area contributed by atoms with E-state index in [-0.39, 0.29) is 18.1 Å². The monoisotopic (exact) mass is 575 g/mol. The van der Waals surface area contributed by atoms with Crippen LogP contribution in [0, 0.1) is 5.92 Å². The topological polar surface area (TPSA) is 92.6 Å². The maximum Gasteiger partial charge on any atom is 0.573 e. The van der Waals surface area contributed by atoms with Crippen LogP contribution >= 0.6 is 0 Å². The second-order valence-corrected chi connectivity index (χ2v) is 12.0. The minimum Gasteiger partial charge on any atom is -0.453 e. The van der Waals surface area contributed by atoms with Crippen LogP contribution in [0.2, 0.25) is 0 Å². The Morgan fingerprint density at radius 2 is 1.60 bits per heavy atom.